The number of hydrogen-bond acceptors (Lipinski definition) is 2. The Labute approximate surface area is 126 Å². The fourth-order valence-corrected chi connectivity index (χ4v) is 2.64. The van der Waals surface area contributed by atoms with Gasteiger partial charge in [0, 0.05) is 5.25 Å². The lowest BCUT2D eigenvalue weighted by Crippen LogP contribution is -2.16. The van der Waals surface area contributed by atoms with Gasteiger partial charge in [0.05, 0.1) is 5.75 Å². The average Bonchev–Trinajstić information content (AvgIpc) is 2.49. The minimum atomic E-state index is -0.774. The van der Waals surface area contributed by atoms with E-state index < -0.39 is 23.2 Å². The van der Waals surface area contributed by atoms with Gasteiger partial charge < -0.3 is 5.32 Å². The fraction of sp³-hybridized carbons (Fsp3) is 0.188. The fourth-order valence-electron chi connectivity index (χ4n) is 1.81. The molecule has 0 aromatic heterocycles. The van der Waals surface area contributed by atoms with Gasteiger partial charge >= 0.3 is 0 Å². The highest BCUT2D eigenvalue weighted by Crippen LogP contribution is 2.28. The smallest absolute Gasteiger partial charge is 0.234 e. The summed E-state index contributed by atoms with van der Waals surface area (Å²) in [6, 6.07) is 13.2. The average molecular weight is 307 g/mol. The van der Waals surface area contributed by atoms with E-state index in [4.69, 9.17) is 0 Å². The van der Waals surface area contributed by atoms with Crippen LogP contribution in [0.15, 0.2) is 48.5 Å². The zero-order chi connectivity index (χ0) is 15.2. The Bertz CT molecular complexity index is 599. The van der Waals surface area contributed by atoms with E-state index in [-0.39, 0.29) is 11.0 Å². The molecule has 0 saturated heterocycles. The van der Waals surface area contributed by atoms with Crippen molar-refractivity contribution in [3.8, 4) is 0 Å². The van der Waals surface area contributed by atoms with Crippen LogP contribution in [-0.2, 0) is 4.79 Å². The van der Waals surface area contributed by atoms with Crippen molar-refractivity contribution >= 4 is 23.4 Å². The first-order valence-electron chi connectivity index (χ1n) is 6.48. The lowest BCUT2D eigenvalue weighted by Gasteiger charge is -2.12. The number of para-hydroxylation sites is 1. The molecule has 2 rings (SSSR count). The topological polar surface area (TPSA) is 29.1 Å². The molecule has 2 nitrogen and oxygen atoms in total. The molecule has 1 atom stereocenters. The highest BCUT2D eigenvalue weighted by Gasteiger charge is 2.13. The Morgan fingerprint density at radius 1 is 1.10 bits per heavy atom. The van der Waals surface area contributed by atoms with Gasteiger partial charge in [0.15, 0.2) is 0 Å². The van der Waals surface area contributed by atoms with Gasteiger partial charge in [-0.05, 0) is 24.6 Å². The second-order valence-corrected chi connectivity index (χ2v) is 5.84. The first-order valence-corrected chi connectivity index (χ1v) is 7.53. The molecule has 5 heteroatoms. The van der Waals surface area contributed by atoms with Crippen molar-refractivity contribution in [2.45, 2.75) is 12.2 Å². The van der Waals surface area contributed by atoms with Crippen molar-refractivity contribution in [2.75, 3.05) is 11.1 Å². The molecule has 0 aliphatic rings. The SMILES string of the molecule is CC(SCC(=O)Nc1c(F)cccc1F)c1ccccc1. The first-order chi connectivity index (χ1) is 10.1. The minimum absolute atomic E-state index is 0.127. The van der Waals surface area contributed by atoms with E-state index in [0.717, 1.165) is 17.7 Å². The molecule has 1 N–H and O–H groups in total. The van der Waals surface area contributed by atoms with E-state index in [2.05, 4.69) is 5.32 Å². The number of rotatable bonds is 5. The summed E-state index contributed by atoms with van der Waals surface area (Å²) in [7, 11) is 0. The van der Waals surface area contributed by atoms with Crippen LogP contribution in [0.3, 0.4) is 0 Å². The van der Waals surface area contributed by atoms with Gasteiger partial charge in [-0.15, -0.1) is 11.8 Å². The maximum absolute atomic E-state index is 13.4. The van der Waals surface area contributed by atoms with Gasteiger partial charge in [-0.25, -0.2) is 8.78 Å². The minimum Gasteiger partial charge on any atom is -0.320 e. The Balaban J connectivity index is 1.91. The first kappa shape index (κ1) is 15.5. The van der Waals surface area contributed by atoms with Crippen LogP contribution < -0.4 is 5.32 Å². The third kappa shape index (κ3) is 4.29. The Hall–Kier alpha value is -1.88. The molecule has 0 aliphatic carbocycles. The van der Waals surface area contributed by atoms with Crippen molar-refractivity contribution in [2.24, 2.45) is 0 Å². The molecule has 1 amide bonds. The maximum Gasteiger partial charge on any atom is 0.234 e. The molecular formula is C16H15F2NOS. The highest BCUT2D eigenvalue weighted by atomic mass is 32.2. The summed E-state index contributed by atoms with van der Waals surface area (Å²) in [5, 5.41) is 2.40. The lowest BCUT2D eigenvalue weighted by atomic mass is 10.2. The van der Waals surface area contributed by atoms with Crippen molar-refractivity contribution in [1.29, 1.82) is 0 Å². The highest BCUT2D eigenvalue weighted by molar-refractivity contribution is 8.00. The number of amides is 1. The molecular weight excluding hydrogens is 292 g/mol. The Kier molecular flexibility index (Phi) is 5.33. The molecule has 1 unspecified atom stereocenters. The largest absolute Gasteiger partial charge is 0.320 e. The zero-order valence-electron chi connectivity index (χ0n) is 11.5. The summed E-state index contributed by atoms with van der Waals surface area (Å²) in [6.45, 7) is 1.98. The van der Waals surface area contributed by atoms with Crippen molar-refractivity contribution in [1.82, 2.24) is 0 Å². The van der Waals surface area contributed by atoms with Crippen LogP contribution >= 0.6 is 11.8 Å². The summed E-state index contributed by atoms with van der Waals surface area (Å²) in [5.74, 6) is -1.84. The van der Waals surface area contributed by atoms with Crippen LogP contribution in [0.25, 0.3) is 0 Å². The second-order valence-electron chi connectivity index (χ2n) is 4.51. The number of benzene rings is 2. The molecule has 0 bridgehead atoms. The number of hydrogen-bond donors (Lipinski definition) is 1. The summed E-state index contributed by atoms with van der Waals surface area (Å²) in [4.78, 5) is 11.8. The van der Waals surface area contributed by atoms with Gasteiger partial charge in [-0.2, -0.15) is 0 Å². The van der Waals surface area contributed by atoms with Crippen LogP contribution in [0.1, 0.15) is 17.7 Å². The summed E-state index contributed by atoms with van der Waals surface area (Å²) < 4.78 is 26.8. The van der Waals surface area contributed by atoms with E-state index in [0.29, 0.717) is 0 Å². The van der Waals surface area contributed by atoms with Gasteiger partial charge in [0.1, 0.15) is 17.3 Å². The quantitative estimate of drug-likeness (QED) is 0.887. The maximum atomic E-state index is 13.4. The van der Waals surface area contributed by atoms with E-state index in [1.807, 2.05) is 37.3 Å². The molecule has 110 valence electrons. The van der Waals surface area contributed by atoms with Crippen molar-refractivity contribution < 1.29 is 13.6 Å². The number of thioether (sulfide) groups is 1. The molecule has 0 spiro atoms. The Morgan fingerprint density at radius 2 is 1.71 bits per heavy atom. The van der Waals surface area contributed by atoms with Crippen LogP contribution in [0, 0.1) is 11.6 Å². The van der Waals surface area contributed by atoms with Crippen LogP contribution in [0.4, 0.5) is 14.5 Å². The van der Waals surface area contributed by atoms with Gasteiger partial charge in [-0.1, -0.05) is 36.4 Å². The number of anilines is 1. The number of halogens is 2. The molecule has 2 aromatic carbocycles. The summed E-state index contributed by atoms with van der Waals surface area (Å²) in [6.07, 6.45) is 0. The number of carbonyl (C=O) groups excluding carboxylic acids is 1. The van der Waals surface area contributed by atoms with E-state index in [1.165, 1.54) is 17.8 Å². The van der Waals surface area contributed by atoms with Crippen molar-refractivity contribution in [3.63, 3.8) is 0 Å². The summed E-state index contributed by atoms with van der Waals surface area (Å²) in [5.41, 5.74) is 0.711. The number of nitrogens with one attached hydrogen (secondary N) is 1. The van der Waals surface area contributed by atoms with Gasteiger partial charge in [-0.3, -0.25) is 4.79 Å². The summed E-state index contributed by atoms with van der Waals surface area (Å²) >= 11 is 1.41. The zero-order valence-corrected chi connectivity index (χ0v) is 12.3. The predicted molar refractivity (Wildman–Crippen MR) is 82.3 cm³/mol. The van der Waals surface area contributed by atoms with Crippen molar-refractivity contribution in [3.05, 3.63) is 65.7 Å². The molecule has 21 heavy (non-hydrogen) atoms. The monoisotopic (exact) mass is 307 g/mol. The van der Waals surface area contributed by atoms with E-state index >= 15 is 0 Å². The molecule has 0 heterocycles. The van der Waals surface area contributed by atoms with Gasteiger partial charge in [0.2, 0.25) is 5.91 Å². The standard InChI is InChI=1S/C16H15F2NOS/c1-11(12-6-3-2-4-7-12)21-10-15(20)19-16-13(17)8-5-9-14(16)18/h2-9,11H,10H2,1H3,(H,19,20). The molecule has 2 aromatic rings. The van der Waals surface area contributed by atoms with Crippen LogP contribution in [0.2, 0.25) is 0 Å². The van der Waals surface area contributed by atoms with Crippen LogP contribution in [0.5, 0.6) is 0 Å². The molecule has 0 aliphatic heterocycles. The molecule has 0 fully saturated rings. The predicted octanol–water partition coefficient (Wildman–Crippen LogP) is 4.40. The Morgan fingerprint density at radius 3 is 2.33 bits per heavy atom. The van der Waals surface area contributed by atoms with E-state index in [9.17, 15) is 13.6 Å². The van der Waals surface area contributed by atoms with E-state index in [1.54, 1.807) is 0 Å². The van der Waals surface area contributed by atoms with Gasteiger partial charge in [0.25, 0.3) is 0 Å². The second kappa shape index (κ2) is 7.22. The van der Waals surface area contributed by atoms with Crippen LogP contribution in [-0.4, -0.2) is 11.7 Å². The normalized spacial score (nSPS) is 12.0. The third-order valence-electron chi connectivity index (χ3n) is 2.96. The molecule has 0 saturated carbocycles. The lowest BCUT2D eigenvalue weighted by molar-refractivity contribution is -0.113. The third-order valence-corrected chi connectivity index (χ3v) is 4.16. The number of carbonyl (C=O) groups is 1. The molecule has 0 radical (unpaired) electrons.